The predicted octanol–water partition coefficient (Wildman–Crippen LogP) is 3.09. The zero-order valence-corrected chi connectivity index (χ0v) is 11.4. The summed E-state index contributed by atoms with van der Waals surface area (Å²) in [5.41, 5.74) is 6.16. The molecule has 4 nitrogen and oxygen atoms in total. The van der Waals surface area contributed by atoms with E-state index in [1.54, 1.807) is 24.3 Å². The molecule has 0 heterocycles. The van der Waals surface area contributed by atoms with Gasteiger partial charge in [0, 0.05) is 6.54 Å². The molecule has 0 bridgehead atoms. The van der Waals surface area contributed by atoms with Gasteiger partial charge in [0.05, 0.1) is 14.2 Å². The third kappa shape index (κ3) is 2.83. The summed E-state index contributed by atoms with van der Waals surface area (Å²) in [4.78, 5) is 0. The van der Waals surface area contributed by atoms with Crippen molar-refractivity contribution in [2.75, 3.05) is 14.2 Å². The fourth-order valence-electron chi connectivity index (χ4n) is 1.78. The summed E-state index contributed by atoms with van der Waals surface area (Å²) in [5, 5.41) is 0. The molecule has 106 valence electrons. The summed E-state index contributed by atoms with van der Waals surface area (Å²) in [6, 6.07) is 9.77. The van der Waals surface area contributed by atoms with Crippen LogP contribution in [0.15, 0.2) is 36.4 Å². The van der Waals surface area contributed by atoms with E-state index >= 15 is 0 Å². The van der Waals surface area contributed by atoms with Crippen LogP contribution in [0, 0.1) is 5.82 Å². The number of rotatable bonds is 5. The Balaban J connectivity index is 2.39. The van der Waals surface area contributed by atoms with Crippen molar-refractivity contribution in [3.63, 3.8) is 0 Å². The van der Waals surface area contributed by atoms with Crippen LogP contribution < -0.4 is 19.9 Å². The minimum atomic E-state index is -0.485. The Morgan fingerprint density at radius 3 is 2.15 bits per heavy atom. The highest BCUT2D eigenvalue weighted by Gasteiger charge is 2.14. The van der Waals surface area contributed by atoms with Gasteiger partial charge in [-0.25, -0.2) is 4.39 Å². The summed E-state index contributed by atoms with van der Waals surface area (Å²) >= 11 is 0. The molecule has 0 radical (unpaired) electrons. The average molecular weight is 277 g/mol. The average Bonchev–Trinajstić information content (AvgIpc) is 2.49. The number of halogens is 1. The van der Waals surface area contributed by atoms with Gasteiger partial charge in [-0.1, -0.05) is 12.1 Å². The Kier molecular flexibility index (Phi) is 4.42. The highest BCUT2D eigenvalue weighted by atomic mass is 19.1. The standard InChI is InChI=1S/C15H16FNO3/c1-18-13-4-3-5-14(19-2)15(13)20-12-7-6-10(9-17)8-11(12)16/h3-8H,9,17H2,1-2H3. The second-order valence-corrected chi connectivity index (χ2v) is 4.06. The molecule has 2 aromatic rings. The number of para-hydroxylation sites is 1. The molecule has 2 rings (SSSR count). The molecule has 0 fully saturated rings. The van der Waals surface area contributed by atoms with Crippen molar-refractivity contribution in [2.24, 2.45) is 5.73 Å². The molecular formula is C15H16FNO3. The smallest absolute Gasteiger partial charge is 0.211 e. The zero-order valence-electron chi connectivity index (χ0n) is 11.4. The molecule has 0 saturated heterocycles. The van der Waals surface area contributed by atoms with Crippen LogP contribution in [0.2, 0.25) is 0 Å². The quantitative estimate of drug-likeness (QED) is 0.912. The minimum absolute atomic E-state index is 0.0880. The zero-order chi connectivity index (χ0) is 14.5. The Hall–Kier alpha value is -2.27. The maximum absolute atomic E-state index is 13.9. The summed E-state index contributed by atoms with van der Waals surface area (Å²) < 4.78 is 29.9. The first-order valence-corrected chi connectivity index (χ1v) is 6.07. The molecular weight excluding hydrogens is 261 g/mol. The lowest BCUT2D eigenvalue weighted by Crippen LogP contribution is -1.99. The number of ether oxygens (including phenoxy) is 3. The van der Waals surface area contributed by atoms with Crippen molar-refractivity contribution >= 4 is 0 Å². The lowest BCUT2D eigenvalue weighted by atomic mass is 10.2. The largest absolute Gasteiger partial charge is 0.493 e. The van der Waals surface area contributed by atoms with Crippen molar-refractivity contribution in [1.82, 2.24) is 0 Å². The van der Waals surface area contributed by atoms with Gasteiger partial charge < -0.3 is 19.9 Å². The highest BCUT2D eigenvalue weighted by Crippen LogP contribution is 2.40. The topological polar surface area (TPSA) is 53.7 Å². The summed E-state index contributed by atoms with van der Waals surface area (Å²) in [6.07, 6.45) is 0. The first kappa shape index (κ1) is 14.1. The maximum atomic E-state index is 13.9. The molecule has 0 aliphatic carbocycles. The SMILES string of the molecule is COc1cccc(OC)c1Oc1ccc(CN)cc1F. The van der Waals surface area contributed by atoms with Crippen molar-refractivity contribution in [3.05, 3.63) is 47.8 Å². The van der Waals surface area contributed by atoms with Crippen LogP contribution in [-0.2, 0) is 6.54 Å². The van der Waals surface area contributed by atoms with Crippen molar-refractivity contribution in [1.29, 1.82) is 0 Å². The van der Waals surface area contributed by atoms with E-state index < -0.39 is 5.82 Å². The predicted molar refractivity (Wildman–Crippen MR) is 73.9 cm³/mol. The second-order valence-electron chi connectivity index (χ2n) is 4.06. The van der Waals surface area contributed by atoms with Crippen molar-refractivity contribution < 1.29 is 18.6 Å². The molecule has 0 saturated carbocycles. The first-order valence-electron chi connectivity index (χ1n) is 6.07. The monoisotopic (exact) mass is 277 g/mol. The molecule has 0 spiro atoms. The van der Waals surface area contributed by atoms with Gasteiger partial charge in [0.15, 0.2) is 23.1 Å². The van der Waals surface area contributed by atoms with Gasteiger partial charge in [-0.2, -0.15) is 0 Å². The lowest BCUT2D eigenvalue weighted by molar-refractivity contribution is 0.339. The van der Waals surface area contributed by atoms with Gasteiger partial charge in [-0.3, -0.25) is 0 Å². The molecule has 5 heteroatoms. The summed E-state index contributed by atoms with van der Waals surface area (Å²) in [6.45, 7) is 0.273. The fourth-order valence-corrected chi connectivity index (χ4v) is 1.78. The maximum Gasteiger partial charge on any atom is 0.211 e. The lowest BCUT2D eigenvalue weighted by Gasteiger charge is -2.14. The van der Waals surface area contributed by atoms with E-state index in [0.717, 1.165) is 0 Å². The van der Waals surface area contributed by atoms with Crippen LogP contribution >= 0.6 is 0 Å². The van der Waals surface area contributed by atoms with E-state index in [4.69, 9.17) is 19.9 Å². The first-order chi connectivity index (χ1) is 9.69. The number of benzene rings is 2. The van der Waals surface area contributed by atoms with Crippen LogP contribution in [0.4, 0.5) is 4.39 Å². The van der Waals surface area contributed by atoms with Crippen molar-refractivity contribution in [3.8, 4) is 23.0 Å². The number of methoxy groups -OCH3 is 2. The van der Waals surface area contributed by atoms with Crippen LogP contribution in [-0.4, -0.2) is 14.2 Å². The summed E-state index contributed by atoms with van der Waals surface area (Å²) in [7, 11) is 3.02. The third-order valence-corrected chi connectivity index (χ3v) is 2.83. The molecule has 0 amide bonds. The third-order valence-electron chi connectivity index (χ3n) is 2.83. The molecule has 0 aliphatic heterocycles. The van der Waals surface area contributed by atoms with Gasteiger partial charge >= 0.3 is 0 Å². The van der Waals surface area contributed by atoms with Gasteiger partial charge in [0.25, 0.3) is 0 Å². The van der Waals surface area contributed by atoms with Crippen LogP contribution in [0.3, 0.4) is 0 Å². The molecule has 2 aromatic carbocycles. The molecule has 2 N–H and O–H groups in total. The molecule has 0 atom stereocenters. The Morgan fingerprint density at radius 1 is 1.00 bits per heavy atom. The van der Waals surface area contributed by atoms with Crippen molar-refractivity contribution in [2.45, 2.75) is 6.54 Å². The second kappa shape index (κ2) is 6.25. The molecule has 0 aromatic heterocycles. The summed E-state index contributed by atoms with van der Waals surface area (Å²) in [5.74, 6) is 0.862. The Labute approximate surface area is 116 Å². The normalized spacial score (nSPS) is 10.2. The van der Waals surface area contributed by atoms with Crippen LogP contribution in [0.5, 0.6) is 23.0 Å². The van der Waals surface area contributed by atoms with E-state index in [2.05, 4.69) is 0 Å². The van der Waals surface area contributed by atoms with Crippen LogP contribution in [0.1, 0.15) is 5.56 Å². The van der Waals surface area contributed by atoms with Gasteiger partial charge in [0.1, 0.15) is 0 Å². The molecule has 0 unspecified atom stereocenters. The Morgan fingerprint density at radius 2 is 1.65 bits per heavy atom. The van der Waals surface area contributed by atoms with E-state index in [0.29, 0.717) is 22.8 Å². The number of hydrogen-bond acceptors (Lipinski definition) is 4. The molecule has 0 aliphatic rings. The molecule has 20 heavy (non-hydrogen) atoms. The Bertz CT molecular complexity index is 579. The van der Waals surface area contributed by atoms with E-state index in [1.807, 2.05) is 0 Å². The number of nitrogens with two attached hydrogens (primary N) is 1. The van der Waals surface area contributed by atoms with Gasteiger partial charge in [-0.15, -0.1) is 0 Å². The number of hydrogen-bond donors (Lipinski definition) is 1. The minimum Gasteiger partial charge on any atom is -0.493 e. The fraction of sp³-hybridized carbons (Fsp3) is 0.200. The van der Waals surface area contributed by atoms with E-state index in [-0.39, 0.29) is 12.3 Å². The van der Waals surface area contributed by atoms with E-state index in [1.165, 1.54) is 26.4 Å². The van der Waals surface area contributed by atoms with E-state index in [9.17, 15) is 4.39 Å². The van der Waals surface area contributed by atoms with Crippen LogP contribution in [0.25, 0.3) is 0 Å². The van der Waals surface area contributed by atoms with Gasteiger partial charge in [-0.05, 0) is 29.8 Å². The van der Waals surface area contributed by atoms with Gasteiger partial charge in [0.2, 0.25) is 5.75 Å². The highest BCUT2D eigenvalue weighted by molar-refractivity contribution is 5.53.